The van der Waals surface area contributed by atoms with E-state index in [4.69, 9.17) is 21.7 Å². The van der Waals surface area contributed by atoms with Gasteiger partial charge >= 0.3 is 0 Å². The summed E-state index contributed by atoms with van der Waals surface area (Å²) in [5, 5.41) is 7.24. The number of fused-ring (bicyclic) bond motifs is 1. The number of hydrogen-bond donors (Lipinski definition) is 2. The molecular weight excluding hydrogens is 332 g/mol. The van der Waals surface area contributed by atoms with Gasteiger partial charge in [0.15, 0.2) is 16.6 Å². The first-order valence-electron chi connectivity index (χ1n) is 8.61. The quantitative estimate of drug-likeness (QED) is 0.789. The predicted octanol–water partition coefficient (Wildman–Crippen LogP) is 4.51. The Bertz CT molecular complexity index is 776. The Kier molecular flexibility index (Phi) is 5.43. The van der Waals surface area contributed by atoms with Gasteiger partial charge in [-0.15, -0.1) is 0 Å². The molecule has 132 valence electrons. The highest BCUT2D eigenvalue weighted by Crippen LogP contribution is 2.32. The SMILES string of the molecule is CCC(NC(=S)Nc1ccc2c(c1)OCCO2)c1ccc(C)c(C)c1. The molecule has 0 aliphatic carbocycles. The number of nitrogens with one attached hydrogen (secondary N) is 2. The van der Waals surface area contributed by atoms with Gasteiger partial charge in [-0.3, -0.25) is 0 Å². The summed E-state index contributed by atoms with van der Waals surface area (Å²) in [6.07, 6.45) is 0.950. The van der Waals surface area contributed by atoms with Crippen LogP contribution in [0.3, 0.4) is 0 Å². The summed E-state index contributed by atoms with van der Waals surface area (Å²) >= 11 is 5.50. The van der Waals surface area contributed by atoms with Crippen LogP contribution in [0.15, 0.2) is 36.4 Å². The number of hydrogen-bond acceptors (Lipinski definition) is 3. The van der Waals surface area contributed by atoms with Gasteiger partial charge in [0.25, 0.3) is 0 Å². The molecule has 3 rings (SSSR count). The first-order valence-corrected chi connectivity index (χ1v) is 9.02. The molecule has 0 radical (unpaired) electrons. The lowest BCUT2D eigenvalue weighted by atomic mass is 9.99. The topological polar surface area (TPSA) is 42.5 Å². The van der Waals surface area contributed by atoms with Crippen molar-refractivity contribution >= 4 is 23.0 Å². The molecule has 1 aliphatic heterocycles. The fourth-order valence-electron chi connectivity index (χ4n) is 2.85. The molecule has 0 saturated heterocycles. The average molecular weight is 356 g/mol. The van der Waals surface area contributed by atoms with E-state index in [1.165, 1.54) is 16.7 Å². The van der Waals surface area contributed by atoms with Gasteiger partial charge in [0.1, 0.15) is 13.2 Å². The second-order valence-corrected chi connectivity index (χ2v) is 6.67. The Hall–Kier alpha value is -2.27. The number of benzene rings is 2. The van der Waals surface area contributed by atoms with E-state index in [9.17, 15) is 0 Å². The minimum Gasteiger partial charge on any atom is -0.486 e. The first-order chi connectivity index (χ1) is 12.1. The van der Waals surface area contributed by atoms with Crippen LogP contribution in [0.1, 0.15) is 36.1 Å². The van der Waals surface area contributed by atoms with E-state index < -0.39 is 0 Å². The van der Waals surface area contributed by atoms with Crippen molar-refractivity contribution in [2.24, 2.45) is 0 Å². The molecule has 4 nitrogen and oxygen atoms in total. The number of aryl methyl sites for hydroxylation is 2. The lowest BCUT2D eigenvalue weighted by molar-refractivity contribution is 0.171. The normalized spacial score (nSPS) is 13.9. The molecule has 0 bridgehead atoms. The minimum absolute atomic E-state index is 0.177. The highest BCUT2D eigenvalue weighted by atomic mass is 32.1. The van der Waals surface area contributed by atoms with Crippen LogP contribution in [-0.4, -0.2) is 18.3 Å². The highest BCUT2D eigenvalue weighted by Gasteiger charge is 2.14. The van der Waals surface area contributed by atoms with Gasteiger partial charge in [0.2, 0.25) is 0 Å². The predicted molar refractivity (Wildman–Crippen MR) is 106 cm³/mol. The number of thiocarbonyl (C=S) groups is 1. The van der Waals surface area contributed by atoms with Crippen LogP contribution < -0.4 is 20.1 Å². The van der Waals surface area contributed by atoms with Crippen LogP contribution in [0.5, 0.6) is 11.5 Å². The third-order valence-corrected chi connectivity index (χ3v) is 4.67. The van der Waals surface area contributed by atoms with Gasteiger partial charge in [0, 0.05) is 11.8 Å². The van der Waals surface area contributed by atoms with E-state index in [0.717, 1.165) is 23.6 Å². The van der Waals surface area contributed by atoms with Gasteiger partial charge in [-0.25, -0.2) is 0 Å². The fourth-order valence-corrected chi connectivity index (χ4v) is 3.11. The van der Waals surface area contributed by atoms with Crippen LogP contribution in [0, 0.1) is 13.8 Å². The summed E-state index contributed by atoms with van der Waals surface area (Å²) in [6, 6.07) is 12.5. The Morgan fingerprint density at radius 3 is 2.52 bits per heavy atom. The maximum atomic E-state index is 5.61. The van der Waals surface area contributed by atoms with Crippen LogP contribution in [0.2, 0.25) is 0 Å². The van der Waals surface area contributed by atoms with Crippen molar-refractivity contribution in [3.8, 4) is 11.5 Å². The Morgan fingerprint density at radius 1 is 1.04 bits per heavy atom. The smallest absolute Gasteiger partial charge is 0.171 e. The van der Waals surface area contributed by atoms with Crippen LogP contribution in [0.4, 0.5) is 5.69 Å². The molecule has 0 amide bonds. The van der Waals surface area contributed by atoms with Crippen molar-refractivity contribution in [3.63, 3.8) is 0 Å². The van der Waals surface area contributed by atoms with Gasteiger partial charge in [-0.2, -0.15) is 0 Å². The molecule has 1 aliphatic rings. The Balaban J connectivity index is 1.67. The molecule has 1 unspecified atom stereocenters. The summed E-state index contributed by atoms with van der Waals surface area (Å²) in [5.41, 5.74) is 4.73. The summed E-state index contributed by atoms with van der Waals surface area (Å²) in [6.45, 7) is 7.58. The minimum atomic E-state index is 0.177. The van der Waals surface area contributed by atoms with Gasteiger partial charge in [-0.05, 0) is 61.3 Å². The third kappa shape index (κ3) is 4.23. The first kappa shape index (κ1) is 17.5. The van der Waals surface area contributed by atoms with Crippen molar-refractivity contribution in [3.05, 3.63) is 53.1 Å². The third-order valence-electron chi connectivity index (χ3n) is 4.45. The zero-order valence-electron chi connectivity index (χ0n) is 14.9. The molecule has 0 aromatic heterocycles. The molecule has 2 N–H and O–H groups in total. The highest BCUT2D eigenvalue weighted by molar-refractivity contribution is 7.80. The summed E-state index contributed by atoms with van der Waals surface area (Å²) < 4.78 is 11.2. The number of ether oxygens (including phenoxy) is 2. The standard InChI is InChI=1S/C20H24N2O2S/c1-4-17(15-6-5-13(2)14(3)11-15)22-20(25)21-16-7-8-18-19(12-16)24-10-9-23-18/h5-8,11-12,17H,4,9-10H2,1-3H3,(H2,21,22,25). The van der Waals surface area contributed by atoms with Gasteiger partial charge < -0.3 is 20.1 Å². The van der Waals surface area contributed by atoms with Crippen molar-refractivity contribution < 1.29 is 9.47 Å². The molecule has 0 spiro atoms. The number of anilines is 1. The van der Waals surface area contributed by atoms with Crippen molar-refractivity contribution in [2.45, 2.75) is 33.2 Å². The van der Waals surface area contributed by atoms with Crippen LogP contribution in [0.25, 0.3) is 0 Å². The van der Waals surface area contributed by atoms with Crippen molar-refractivity contribution in [2.75, 3.05) is 18.5 Å². The molecule has 2 aromatic rings. The second-order valence-electron chi connectivity index (χ2n) is 6.26. The van der Waals surface area contributed by atoms with E-state index in [1.54, 1.807) is 0 Å². The van der Waals surface area contributed by atoms with Crippen LogP contribution in [-0.2, 0) is 0 Å². The number of rotatable bonds is 4. The van der Waals surface area contributed by atoms with E-state index in [-0.39, 0.29) is 6.04 Å². The summed E-state index contributed by atoms with van der Waals surface area (Å²) in [4.78, 5) is 0. The molecule has 1 heterocycles. The van der Waals surface area contributed by atoms with E-state index in [1.807, 2.05) is 18.2 Å². The zero-order valence-corrected chi connectivity index (χ0v) is 15.7. The summed E-state index contributed by atoms with van der Waals surface area (Å²) in [5.74, 6) is 1.53. The van der Waals surface area contributed by atoms with Crippen molar-refractivity contribution in [1.29, 1.82) is 0 Å². The van der Waals surface area contributed by atoms with Gasteiger partial charge in [-0.1, -0.05) is 25.1 Å². The lowest BCUT2D eigenvalue weighted by Gasteiger charge is -2.22. The molecule has 5 heteroatoms. The fraction of sp³-hybridized carbons (Fsp3) is 0.350. The zero-order chi connectivity index (χ0) is 17.8. The average Bonchev–Trinajstić information content (AvgIpc) is 2.62. The van der Waals surface area contributed by atoms with E-state index in [2.05, 4.69) is 49.6 Å². The van der Waals surface area contributed by atoms with Crippen LogP contribution >= 0.6 is 12.2 Å². The second kappa shape index (κ2) is 7.74. The molecule has 1 atom stereocenters. The van der Waals surface area contributed by atoms with Gasteiger partial charge in [0.05, 0.1) is 6.04 Å². The monoisotopic (exact) mass is 356 g/mol. The lowest BCUT2D eigenvalue weighted by Crippen LogP contribution is -2.32. The van der Waals surface area contributed by atoms with Crippen molar-refractivity contribution in [1.82, 2.24) is 5.32 Å². The van der Waals surface area contributed by atoms with E-state index >= 15 is 0 Å². The Labute approximate surface area is 154 Å². The molecule has 25 heavy (non-hydrogen) atoms. The van der Waals surface area contributed by atoms with E-state index in [0.29, 0.717) is 18.3 Å². The maximum absolute atomic E-state index is 5.61. The summed E-state index contributed by atoms with van der Waals surface area (Å²) in [7, 11) is 0. The molecule has 0 saturated carbocycles. The molecule has 0 fully saturated rings. The largest absolute Gasteiger partial charge is 0.486 e. The molecular formula is C20H24N2O2S. The maximum Gasteiger partial charge on any atom is 0.171 e. The Morgan fingerprint density at radius 2 is 1.80 bits per heavy atom. The molecule has 2 aromatic carbocycles.